The highest BCUT2D eigenvalue weighted by molar-refractivity contribution is 7.17. The second kappa shape index (κ2) is 6.47. The molecule has 23 heavy (non-hydrogen) atoms. The molecule has 0 bridgehead atoms. The van der Waals surface area contributed by atoms with Crippen molar-refractivity contribution < 1.29 is 14.4 Å². The van der Waals surface area contributed by atoms with E-state index in [-0.39, 0.29) is 6.04 Å². The van der Waals surface area contributed by atoms with Gasteiger partial charge < -0.3 is 5.32 Å². The number of hydrogen-bond acceptors (Lipinski definition) is 6. The number of hydrogen-bond donors (Lipinski definition) is 3. The van der Waals surface area contributed by atoms with Gasteiger partial charge in [0.15, 0.2) is 0 Å². The second-order valence-corrected chi connectivity index (χ2v) is 6.88. The van der Waals surface area contributed by atoms with E-state index < -0.39 is 17.7 Å². The number of rotatable bonds is 3. The summed E-state index contributed by atoms with van der Waals surface area (Å²) in [5.74, 6) is -2.12. The van der Waals surface area contributed by atoms with Gasteiger partial charge in [0, 0.05) is 17.0 Å². The number of carbonyl (C=O) groups excluding carboxylic acids is 3. The van der Waals surface area contributed by atoms with Gasteiger partial charge in [-0.1, -0.05) is 0 Å². The van der Waals surface area contributed by atoms with E-state index >= 15 is 0 Å². The molecule has 3 N–H and O–H groups in total. The molecule has 1 aliphatic carbocycles. The number of aromatic nitrogens is 1. The molecule has 0 aliphatic heterocycles. The molecule has 0 spiro atoms. The number of nitrogens with zero attached hydrogens (tertiary/aromatic N) is 1. The predicted octanol–water partition coefficient (Wildman–Crippen LogP) is 1.22. The van der Waals surface area contributed by atoms with Crippen LogP contribution in [-0.2, 0) is 9.59 Å². The molecule has 9 heteroatoms. The summed E-state index contributed by atoms with van der Waals surface area (Å²) in [4.78, 5) is 39.9. The van der Waals surface area contributed by atoms with E-state index in [1.807, 2.05) is 16.8 Å². The van der Waals surface area contributed by atoms with Crippen LogP contribution in [0.15, 0.2) is 16.8 Å². The first-order valence-corrected chi connectivity index (χ1v) is 8.71. The Labute approximate surface area is 140 Å². The van der Waals surface area contributed by atoms with Gasteiger partial charge in [0.1, 0.15) is 9.88 Å². The Kier molecular flexibility index (Phi) is 4.39. The largest absolute Gasteiger partial charge is 0.345 e. The highest BCUT2D eigenvalue weighted by atomic mass is 32.1. The molecule has 2 aromatic rings. The number of thiazole rings is 1. The molecule has 3 rings (SSSR count). The van der Waals surface area contributed by atoms with E-state index in [4.69, 9.17) is 0 Å². The average Bonchev–Trinajstić information content (AvgIpc) is 3.03. The van der Waals surface area contributed by atoms with Crippen LogP contribution in [0.2, 0.25) is 0 Å². The minimum Gasteiger partial charge on any atom is -0.345 e. The lowest BCUT2D eigenvalue weighted by molar-refractivity contribution is -0.139. The van der Waals surface area contributed by atoms with Crippen LogP contribution in [0, 0.1) is 6.92 Å². The van der Waals surface area contributed by atoms with Crippen LogP contribution in [-0.4, -0.2) is 28.7 Å². The fraction of sp³-hybridized carbons (Fsp3) is 0.286. The number of amides is 3. The lowest BCUT2D eigenvalue weighted by Crippen LogP contribution is -2.48. The SMILES string of the molecule is Cc1nc(-c2ccsc2)sc1C(=O)NNC(=O)C(=O)NC1CC1. The third kappa shape index (κ3) is 3.74. The van der Waals surface area contributed by atoms with Crippen LogP contribution in [0.5, 0.6) is 0 Å². The molecule has 2 aromatic heterocycles. The zero-order valence-corrected chi connectivity index (χ0v) is 13.8. The van der Waals surface area contributed by atoms with Crippen LogP contribution >= 0.6 is 22.7 Å². The van der Waals surface area contributed by atoms with Crippen molar-refractivity contribution in [3.63, 3.8) is 0 Å². The van der Waals surface area contributed by atoms with E-state index in [0.29, 0.717) is 10.6 Å². The maximum Gasteiger partial charge on any atom is 0.327 e. The minimum absolute atomic E-state index is 0.0841. The Morgan fingerprint density at radius 1 is 1.22 bits per heavy atom. The van der Waals surface area contributed by atoms with Gasteiger partial charge in [0.25, 0.3) is 5.91 Å². The maximum absolute atomic E-state index is 12.1. The fourth-order valence-electron chi connectivity index (χ4n) is 1.82. The number of aryl methyl sites for hydroxylation is 1. The van der Waals surface area contributed by atoms with Crippen molar-refractivity contribution in [3.8, 4) is 10.6 Å². The fourth-order valence-corrected chi connectivity index (χ4v) is 3.50. The minimum atomic E-state index is -0.884. The van der Waals surface area contributed by atoms with Crippen LogP contribution in [0.1, 0.15) is 28.2 Å². The first-order chi connectivity index (χ1) is 11.0. The highest BCUT2D eigenvalue weighted by Crippen LogP contribution is 2.29. The topological polar surface area (TPSA) is 100 Å². The van der Waals surface area contributed by atoms with Crippen molar-refractivity contribution in [2.75, 3.05) is 0 Å². The van der Waals surface area contributed by atoms with E-state index in [0.717, 1.165) is 23.4 Å². The molecule has 1 aliphatic rings. The van der Waals surface area contributed by atoms with Crippen LogP contribution in [0.3, 0.4) is 0 Å². The van der Waals surface area contributed by atoms with Gasteiger partial charge in [-0.3, -0.25) is 25.2 Å². The molecule has 0 aromatic carbocycles. The summed E-state index contributed by atoms with van der Waals surface area (Å²) in [5.41, 5.74) is 5.89. The Morgan fingerprint density at radius 2 is 2.00 bits per heavy atom. The number of thiophene rings is 1. The first kappa shape index (κ1) is 15.6. The molecule has 7 nitrogen and oxygen atoms in total. The summed E-state index contributed by atoms with van der Waals surface area (Å²) in [5, 5.41) is 7.17. The van der Waals surface area contributed by atoms with Crippen LogP contribution in [0.25, 0.3) is 10.6 Å². The zero-order valence-electron chi connectivity index (χ0n) is 12.2. The van der Waals surface area contributed by atoms with E-state index in [2.05, 4.69) is 21.2 Å². The summed E-state index contributed by atoms with van der Waals surface area (Å²) in [6.45, 7) is 1.73. The molecular weight excluding hydrogens is 336 g/mol. The molecule has 0 unspecified atom stereocenters. The Balaban J connectivity index is 1.59. The molecule has 0 atom stereocenters. The first-order valence-electron chi connectivity index (χ1n) is 6.96. The molecule has 0 radical (unpaired) electrons. The van der Waals surface area contributed by atoms with Gasteiger partial charge in [0.05, 0.1) is 5.69 Å². The van der Waals surface area contributed by atoms with Crippen molar-refractivity contribution in [3.05, 3.63) is 27.4 Å². The smallest absolute Gasteiger partial charge is 0.327 e. The summed E-state index contributed by atoms with van der Waals surface area (Å²) in [7, 11) is 0. The van der Waals surface area contributed by atoms with Crippen molar-refractivity contribution in [1.29, 1.82) is 0 Å². The van der Waals surface area contributed by atoms with Crippen LogP contribution in [0.4, 0.5) is 0 Å². The molecule has 3 amide bonds. The van der Waals surface area contributed by atoms with Gasteiger partial charge in [-0.05, 0) is 31.2 Å². The van der Waals surface area contributed by atoms with Crippen molar-refractivity contribution >= 4 is 40.4 Å². The molecule has 1 fully saturated rings. The maximum atomic E-state index is 12.1. The Morgan fingerprint density at radius 3 is 2.65 bits per heavy atom. The Hall–Kier alpha value is -2.26. The highest BCUT2D eigenvalue weighted by Gasteiger charge is 2.26. The standard InChI is InChI=1S/C14H14N4O3S2/c1-7-10(23-14(15-7)8-4-5-22-6-8)11(19)17-18-13(21)12(20)16-9-2-3-9/h4-6,9H,2-3H2,1H3,(H,16,20)(H,17,19)(H,18,21). The third-order valence-corrected chi connectivity index (χ3v) is 5.07. The summed E-state index contributed by atoms with van der Waals surface area (Å²) in [6.07, 6.45) is 1.77. The Bertz CT molecular complexity index is 750. The van der Waals surface area contributed by atoms with Crippen molar-refractivity contribution in [2.45, 2.75) is 25.8 Å². The van der Waals surface area contributed by atoms with Crippen molar-refractivity contribution in [2.24, 2.45) is 0 Å². The predicted molar refractivity (Wildman–Crippen MR) is 86.9 cm³/mol. The van der Waals surface area contributed by atoms with Crippen LogP contribution < -0.4 is 16.2 Å². The lowest BCUT2D eigenvalue weighted by atomic mass is 10.3. The van der Waals surface area contributed by atoms with Gasteiger partial charge in [-0.2, -0.15) is 11.3 Å². The zero-order chi connectivity index (χ0) is 16.4. The normalized spacial score (nSPS) is 13.4. The summed E-state index contributed by atoms with van der Waals surface area (Å²) >= 11 is 2.79. The molecule has 2 heterocycles. The molecule has 1 saturated carbocycles. The van der Waals surface area contributed by atoms with Gasteiger partial charge in [-0.25, -0.2) is 4.98 Å². The lowest BCUT2D eigenvalue weighted by Gasteiger charge is -2.06. The second-order valence-electron chi connectivity index (χ2n) is 5.10. The quantitative estimate of drug-likeness (QED) is 0.572. The summed E-state index contributed by atoms with van der Waals surface area (Å²) < 4.78 is 0. The molecular formula is C14H14N4O3S2. The van der Waals surface area contributed by atoms with E-state index in [1.54, 1.807) is 18.3 Å². The van der Waals surface area contributed by atoms with Gasteiger partial charge in [-0.15, -0.1) is 11.3 Å². The van der Waals surface area contributed by atoms with Crippen molar-refractivity contribution in [1.82, 2.24) is 21.2 Å². The average molecular weight is 350 g/mol. The van der Waals surface area contributed by atoms with E-state index in [9.17, 15) is 14.4 Å². The monoisotopic (exact) mass is 350 g/mol. The van der Waals surface area contributed by atoms with Gasteiger partial charge in [0.2, 0.25) is 0 Å². The molecule has 0 saturated heterocycles. The molecule has 120 valence electrons. The van der Waals surface area contributed by atoms with E-state index in [1.165, 1.54) is 11.3 Å². The third-order valence-electron chi connectivity index (χ3n) is 3.18. The number of nitrogens with one attached hydrogen (secondary N) is 3. The number of hydrazine groups is 1. The van der Waals surface area contributed by atoms with Gasteiger partial charge >= 0.3 is 11.8 Å². The number of carbonyl (C=O) groups is 3. The summed E-state index contributed by atoms with van der Waals surface area (Å²) in [6, 6.07) is 2.01.